The molecule has 0 unspecified atom stereocenters. The molecule has 0 spiro atoms. The highest BCUT2D eigenvalue weighted by Gasteiger charge is 2.12. The molecule has 226 valence electrons. The first-order valence-corrected chi connectivity index (χ1v) is 16.4. The molecule has 0 saturated heterocycles. The van der Waals surface area contributed by atoms with E-state index in [0.29, 0.717) is 12.8 Å². The number of rotatable bonds is 29. The quantitative estimate of drug-likeness (QED) is 0.0755. The van der Waals surface area contributed by atoms with Crippen LogP contribution in [0.3, 0.4) is 0 Å². The highest BCUT2D eigenvalue weighted by Crippen LogP contribution is 2.14. The van der Waals surface area contributed by atoms with Gasteiger partial charge in [-0.05, 0) is 18.8 Å². The van der Waals surface area contributed by atoms with Gasteiger partial charge >= 0.3 is 11.9 Å². The fourth-order valence-corrected chi connectivity index (χ4v) is 4.74. The Morgan fingerprint density at radius 2 is 0.842 bits per heavy atom. The Kier molecular flexibility index (Phi) is 28.1. The molecule has 0 rings (SSSR count). The number of hydrogen-bond acceptors (Lipinski definition) is 5. The lowest BCUT2D eigenvalue weighted by atomic mass is 10.0. The van der Waals surface area contributed by atoms with Crippen LogP contribution in [0.25, 0.3) is 0 Å². The Bertz CT molecular complexity index is 520. The summed E-state index contributed by atoms with van der Waals surface area (Å²) in [6, 6.07) is 0. The van der Waals surface area contributed by atoms with Crippen molar-refractivity contribution in [1.29, 1.82) is 0 Å². The number of carbonyl (C=O) groups is 2. The predicted octanol–water partition coefficient (Wildman–Crippen LogP) is 9.47. The molecule has 0 bridgehead atoms. The minimum atomic E-state index is -0.953. The molecule has 5 heteroatoms. The van der Waals surface area contributed by atoms with Gasteiger partial charge in [0.2, 0.25) is 0 Å². The summed E-state index contributed by atoms with van der Waals surface area (Å²) in [6.07, 6.45) is 27.2. The summed E-state index contributed by atoms with van der Waals surface area (Å²) in [6.45, 7) is 6.62. The number of aliphatic hydroxyl groups excluding tert-OH is 1. The van der Waals surface area contributed by atoms with E-state index in [9.17, 15) is 14.7 Å². The van der Waals surface area contributed by atoms with Crippen LogP contribution in [0.15, 0.2) is 0 Å². The summed E-state index contributed by atoms with van der Waals surface area (Å²) >= 11 is 0. The lowest BCUT2D eigenvalue weighted by Crippen LogP contribution is -2.25. The molecule has 1 atom stereocenters. The second kappa shape index (κ2) is 28.9. The Hall–Kier alpha value is -1.10. The average Bonchev–Trinajstić information content (AvgIpc) is 2.89. The average molecular weight is 541 g/mol. The normalized spacial score (nSPS) is 12.1. The number of hydrogen-bond donors (Lipinski definition) is 1. The predicted molar refractivity (Wildman–Crippen MR) is 159 cm³/mol. The van der Waals surface area contributed by atoms with E-state index in [1.165, 1.54) is 116 Å². The summed E-state index contributed by atoms with van der Waals surface area (Å²) in [5.74, 6) is 0.269. The van der Waals surface area contributed by atoms with Gasteiger partial charge in [0.1, 0.15) is 19.3 Å². The van der Waals surface area contributed by atoms with Gasteiger partial charge in [0, 0.05) is 12.8 Å². The number of aliphatic hydroxyl groups is 1. The third kappa shape index (κ3) is 29.5. The summed E-state index contributed by atoms with van der Waals surface area (Å²) in [5, 5.41) is 9.94. The van der Waals surface area contributed by atoms with Crippen LogP contribution in [0, 0.1) is 5.92 Å². The Balaban J connectivity index is 3.42. The van der Waals surface area contributed by atoms with E-state index < -0.39 is 6.10 Å². The molecule has 0 aromatic carbocycles. The van der Waals surface area contributed by atoms with Gasteiger partial charge in [-0.15, -0.1) is 0 Å². The number of carbonyl (C=O) groups excluding carboxylic acids is 2. The van der Waals surface area contributed by atoms with Gasteiger partial charge in [-0.2, -0.15) is 0 Å². The summed E-state index contributed by atoms with van der Waals surface area (Å²) in [5.41, 5.74) is 0. The molecular formula is C33H64O5. The molecule has 1 N–H and O–H groups in total. The highest BCUT2D eigenvalue weighted by atomic mass is 16.6. The first-order chi connectivity index (χ1) is 18.5. The lowest BCUT2D eigenvalue weighted by Gasteiger charge is -2.12. The monoisotopic (exact) mass is 540 g/mol. The van der Waals surface area contributed by atoms with Crippen molar-refractivity contribution in [3.05, 3.63) is 0 Å². The van der Waals surface area contributed by atoms with E-state index in [1.807, 2.05) is 0 Å². The maximum Gasteiger partial charge on any atom is 0.305 e. The molecule has 0 aromatic rings. The van der Waals surface area contributed by atoms with Crippen molar-refractivity contribution in [3.8, 4) is 0 Å². The Morgan fingerprint density at radius 3 is 1.18 bits per heavy atom. The van der Waals surface area contributed by atoms with Gasteiger partial charge in [0.05, 0.1) is 0 Å². The zero-order valence-corrected chi connectivity index (χ0v) is 25.6. The van der Waals surface area contributed by atoms with E-state index in [2.05, 4.69) is 20.8 Å². The van der Waals surface area contributed by atoms with Gasteiger partial charge in [0.15, 0.2) is 0 Å². The van der Waals surface area contributed by atoms with Crippen molar-refractivity contribution in [1.82, 2.24) is 0 Å². The lowest BCUT2D eigenvalue weighted by molar-refractivity contribution is -0.152. The van der Waals surface area contributed by atoms with Crippen LogP contribution < -0.4 is 0 Å². The molecule has 0 heterocycles. The zero-order chi connectivity index (χ0) is 28.1. The molecule has 0 aliphatic carbocycles. The van der Waals surface area contributed by atoms with Gasteiger partial charge in [-0.1, -0.05) is 149 Å². The molecule has 0 fully saturated rings. The minimum Gasteiger partial charge on any atom is -0.463 e. The molecule has 0 aliphatic rings. The van der Waals surface area contributed by atoms with E-state index in [1.54, 1.807) is 0 Å². The smallest absolute Gasteiger partial charge is 0.305 e. The minimum absolute atomic E-state index is 0.109. The standard InChI is InChI=1S/C33H64O5/c1-4-5-6-7-8-9-10-14-17-20-23-26-32(35)37-28-31(34)29-38-33(36)27-24-21-18-15-12-11-13-16-19-22-25-30(2)3/h30-31,34H,4-29H2,1-3H3/t31-/m1/s1. The van der Waals surface area contributed by atoms with Crippen molar-refractivity contribution in [3.63, 3.8) is 0 Å². The summed E-state index contributed by atoms with van der Waals surface area (Å²) in [4.78, 5) is 23.7. The van der Waals surface area contributed by atoms with Gasteiger partial charge in [-0.25, -0.2) is 0 Å². The number of esters is 2. The molecule has 0 aromatic heterocycles. The molecule has 38 heavy (non-hydrogen) atoms. The largest absolute Gasteiger partial charge is 0.463 e. The van der Waals surface area contributed by atoms with Gasteiger partial charge in [0.25, 0.3) is 0 Å². The van der Waals surface area contributed by atoms with Crippen molar-refractivity contribution in [2.75, 3.05) is 13.2 Å². The number of ether oxygens (including phenoxy) is 2. The van der Waals surface area contributed by atoms with Crippen LogP contribution in [0.5, 0.6) is 0 Å². The van der Waals surface area contributed by atoms with Crippen LogP contribution in [0.4, 0.5) is 0 Å². The second-order valence-electron chi connectivity index (χ2n) is 11.8. The van der Waals surface area contributed by atoms with Gasteiger partial charge < -0.3 is 14.6 Å². The van der Waals surface area contributed by atoms with Crippen molar-refractivity contribution >= 4 is 11.9 Å². The molecular weight excluding hydrogens is 476 g/mol. The Morgan fingerprint density at radius 1 is 0.526 bits per heavy atom. The molecule has 0 saturated carbocycles. The van der Waals surface area contributed by atoms with Crippen molar-refractivity contribution < 1.29 is 24.2 Å². The summed E-state index contributed by atoms with van der Waals surface area (Å²) in [7, 11) is 0. The van der Waals surface area contributed by atoms with E-state index in [4.69, 9.17) is 9.47 Å². The van der Waals surface area contributed by atoms with E-state index in [-0.39, 0.29) is 25.2 Å². The SMILES string of the molecule is CCCCCCCCCCCCCC(=O)OC[C@@H](O)COC(=O)CCCCCCCCCCCCC(C)C. The maximum atomic E-state index is 11.9. The third-order valence-corrected chi connectivity index (χ3v) is 7.27. The highest BCUT2D eigenvalue weighted by molar-refractivity contribution is 5.69. The fraction of sp³-hybridized carbons (Fsp3) is 0.939. The van der Waals surface area contributed by atoms with E-state index >= 15 is 0 Å². The van der Waals surface area contributed by atoms with E-state index in [0.717, 1.165) is 31.6 Å². The van der Waals surface area contributed by atoms with Crippen LogP contribution >= 0.6 is 0 Å². The van der Waals surface area contributed by atoms with Crippen LogP contribution in [-0.4, -0.2) is 36.4 Å². The van der Waals surface area contributed by atoms with Crippen LogP contribution in [0.1, 0.15) is 175 Å². The zero-order valence-electron chi connectivity index (χ0n) is 25.6. The van der Waals surface area contributed by atoms with Crippen LogP contribution in [0.2, 0.25) is 0 Å². The summed E-state index contributed by atoms with van der Waals surface area (Å²) < 4.78 is 10.3. The third-order valence-electron chi connectivity index (χ3n) is 7.27. The molecule has 0 amide bonds. The van der Waals surface area contributed by atoms with Crippen LogP contribution in [-0.2, 0) is 19.1 Å². The van der Waals surface area contributed by atoms with Gasteiger partial charge in [-0.3, -0.25) is 9.59 Å². The molecule has 0 radical (unpaired) electrons. The first kappa shape index (κ1) is 36.9. The molecule has 5 nitrogen and oxygen atoms in total. The molecule has 0 aliphatic heterocycles. The van der Waals surface area contributed by atoms with Crippen molar-refractivity contribution in [2.24, 2.45) is 5.92 Å². The first-order valence-electron chi connectivity index (χ1n) is 16.4. The Labute approximate surface area is 236 Å². The second-order valence-corrected chi connectivity index (χ2v) is 11.8. The maximum absolute atomic E-state index is 11.9. The topological polar surface area (TPSA) is 72.8 Å². The van der Waals surface area contributed by atoms with Crippen molar-refractivity contribution in [2.45, 2.75) is 181 Å². The number of unbranched alkanes of at least 4 members (excludes halogenated alkanes) is 19. The fourth-order valence-electron chi connectivity index (χ4n) is 4.74.